The molecule has 1 fully saturated rings. The Morgan fingerprint density at radius 2 is 1.33 bits per heavy atom. The fourth-order valence-electron chi connectivity index (χ4n) is 3.76. The normalized spacial score (nSPS) is 14.3. The van der Waals surface area contributed by atoms with Crippen LogP contribution in [0.1, 0.15) is 73.6 Å². The van der Waals surface area contributed by atoms with Gasteiger partial charge in [-0.2, -0.15) is 0 Å². The quantitative estimate of drug-likeness (QED) is 0.505. The molecule has 0 atom stereocenters. The summed E-state index contributed by atoms with van der Waals surface area (Å²) in [6.07, 6.45) is 5.69. The van der Waals surface area contributed by atoms with Gasteiger partial charge >= 0.3 is 0 Å². The van der Waals surface area contributed by atoms with Gasteiger partial charge in [0, 0.05) is 34.1 Å². The summed E-state index contributed by atoms with van der Waals surface area (Å²) in [5.74, 6) is -0.412. The summed E-state index contributed by atoms with van der Waals surface area (Å²) < 4.78 is 0. The Hall–Kier alpha value is -3.35. The highest BCUT2D eigenvalue weighted by Crippen LogP contribution is 2.18. The fourth-order valence-corrected chi connectivity index (χ4v) is 3.76. The van der Waals surface area contributed by atoms with E-state index in [1.807, 2.05) is 20.8 Å². The largest absolute Gasteiger partial charge is 0.376 e. The van der Waals surface area contributed by atoms with Gasteiger partial charge in [0.25, 0.3) is 11.8 Å². The molecular weight excluding hydrogens is 416 g/mol. The smallest absolute Gasteiger partial charge is 0.251 e. The van der Waals surface area contributed by atoms with Crippen LogP contribution in [0.15, 0.2) is 48.5 Å². The van der Waals surface area contributed by atoms with Crippen molar-refractivity contribution in [2.75, 3.05) is 17.2 Å². The molecule has 1 aliphatic rings. The number of amides is 3. The Balaban J connectivity index is 1.44. The van der Waals surface area contributed by atoms with Crippen LogP contribution in [0.25, 0.3) is 0 Å². The van der Waals surface area contributed by atoms with E-state index in [4.69, 9.17) is 0 Å². The van der Waals surface area contributed by atoms with Crippen molar-refractivity contribution in [3.05, 3.63) is 59.7 Å². The van der Waals surface area contributed by atoms with Gasteiger partial charge in [0.15, 0.2) is 0 Å². The lowest BCUT2D eigenvalue weighted by molar-refractivity contribution is -0.114. The SMILES string of the molecule is CC(C)(C)NC(=O)c1ccc(NC(=O)CNc2ccc(C(=O)NC3CCCCC3)cc2)cc1. The van der Waals surface area contributed by atoms with Crippen LogP contribution in [0.4, 0.5) is 11.4 Å². The maximum absolute atomic E-state index is 12.4. The standard InChI is InChI=1S/C26H34N4O3/c1-26(2,3)30-25(33)19-11-15-22(16-12-19)28-23(31)17-27-20-13-9-18(10-14-20)24(32)29-21-7-5-4-6-8-21/h9-16,21,27H,4-8,17H2,1-3H3,(H,28,31)(H,29,32)(H,30,33). The molecule has 0 unspecified atom stereocenters. The highest BCUT2D eigenvalue weighted by molar-refractivity contribution is 5.97. The van der Waals surface area contributed by atoms with Gasteiger partial charge < -0.3 is 21.3 Å². The summed E-state index contributed by atoms with van der Waals surface area (Å²) in [7, 11) is 0. The van der Waals surface area contributed by atoms with E-state index in [2.05, 4.69) is 21.3 Å². The Kier molecular flexibility index (Phi) is 8.09. The van der Waals surface area contributed by atoms with E-state index in [0.29, 0.717) is 16.8 Å². The molecule has 33 heavy (non-hydrogen) atoms. The second-order valence-electron chi connectivity index (χ2n) is 9.57. The lowest BCUT2D eigenvalue weighted by Crippen LogP contribution is -2.40. The molecule has 7 heteroatoms. The number of carbonyl (C=O) groups excluding carboxylic acids is 3. The fraction of sp³-hybridized carbons (Fsp3) is 0.423. The zero-order valence-corrected chi connectivity index (χ0v) is 19.7. The molecular formula is C26H34N4O3. The molecule has 1 saturated carbocycles. The molecule has 2 aromatic carbocycles. The maximum Gasteiger partial charge on any atom is 0.251 e. The van der Waals surface area contributed by atoms with Gasteiger partial charge in [-0.15, -0.1) is 0 Å². The number of hydrogen-bond acceptors (Lipinski definition) is 4. The minimum Gasteiger partial charge on any atom is -0.376 e. The number of anilines is 2. The second-order valence-corrected chi connectivity index (χ2v) is 9.57. The van der Waals surface area contributed by atoms with Gasteiger partial charge in [-0.3, -0.25) is 14.4 Å². The minimum absolute atomic E-state index is 0.0502. The summed E-state index contributed by atoms with van der Waals surface area (Å²) in [6.45, 7) is 5.85. The Bertz CT molecular complexity index is 957. The molecule has 0 bridgehead atoms. The summed E-state index contributed by atoms with van der Waals surface area (Å²) in [6, 6.07) is 14.2. The van der Waals surface area contributed by atoms with Crippen LogP contribution in [0, 0.1) is 0 Å². The van der Waals surface area contributed by atoms with Crippen molar-refractivity contribution in [3.8, 4) is 0 Å². The Morgan fingerprint density at radius 1 is 0.788 bits per heavy atom. The molecule has 0 heterocycles. The summed E-state index contributed by atoms with van der Waals surface area (Å²) in [5, 5.41) is 11.9. The van der Waals surface area contributed by atoms with E-state index in [-0.39, 0.29) is 35.8 Å². The first-order chi connectivity index (χ1) is 15.7. The molecule has 1 aliphatic carbocycles. The first kappa shape index (κ1) is 24.3. The average molecular weight is 451 g/mol. The molecule has 0 saturated heterocycles. The minimum atomic E-state index is -0.312. The van der Waals surface area contributed by atoms with Gasteiger partial charge in [-0.05, 0) is 82.1 Å². The summed E-state index contributed by atoms with van der Waals surface area (Å²) >= 11 is 0. The van der Waals surface area contributed by atoms with Crippen molar-refractivity contribution < 1.29 is 14.4 Å². The molecule has 0 aliphatic heterocycles. The maximum atomic E-state index is 12.4. The lowest BCUT2D eigenvalue weighted by Gasteiger charge is -2.22. The zero-order chi connectivity index (χ0) is 23.8. The molecule has 7 nitrogen and oxygen atoms in total. The summed E-state index contributed by atoms with van der Waals surface area (Å²) in [5.41, 5.74) is 2.21. The van der Waals surface area contributed by atoms with Crippen LogP contribution < -0.4 is 21.3 Å². The van der Waals surface area contributed by atoms with Gasteiger partial charge in [0.1, 0.15) is 0 Å². The predicted molar refractivity (Wildman–Crippen MR) is 132 cm³/mol. The van der Waals surface area contributed by atoms with Crippen LogP contribution >= 0.6 is 0 Å². The number of carbonyl (C=O) groups is 3. The van der Waals surface area contributed by atoms with E-state index < -0.39 is 0 Å². The Morgan fingerprint density at radius 3 is 1.91 bits per heavy atom. The van der Waals surface area contributed by atoms with Crippen LogP contribution in [0.2, 0.25) is 0 Å². The highest BCUT2D eigenvalue weighted by Gasteiger charge is 2.17. The first-order valence-electron chi connectivity index (χ1n) is 11.6. The van der Waals surface area contributed by atoms with Crippen LogP contribution in [-0.2, 0) is 4.79 Å². The average Bonchev–Trinajstić information content (AvgIpc) is 2.78. The van der Waals surface area contributed by atoms with E-state index in [1.165, 1.54) is 19.3 Å². The van der Waals surface area contributed by atoms with Crippen molar-refractivity contribution in [1.29, 1.82) is 0 Å². The first-order valence-corrected chi connectivity index (χ1v) is 11.6. The van der Waals surface area contributed by atoms with E-state index in [9.17, 15) is 14.4 Å². The van der Waals surface area contributed by atoms with Gasteiger partial charge in [0.2, 0.25) is 5.91 Å². The van der Waals surface area contributed by atoms with Gasteiger partial charge in [-0.25, -0.2) is 0 Å². The number of nitrogens with one attached hydrogen (secondary N) is 4. The monoisotopic (exact) mass is 450 g/mol. The molecule has 0 radical (unpaired) electrons. The highest BCUT2D eigenvalue weighted by atomic mass is 16.2. The molecule has 2 aromatic rings. The predicted octanol–water partition coefficient (Wildman–Crippen LogP) is 4.33. The van der Waals surface area contributed by atoms with Crippen LogP contribution in [0.3, 0.4) is 0 Å². The molecule has 176 valence electrons. The van der Waals surface area contributed by atoms with Gasteiger partial charge in [-0.1, -0.05) is 19.3 Å². The summed E-state index contributed by atoms with van der Waals surface area (Å²) in [4.78, 5) is 36.9. The number of rotatable bonds is 7. The van der Waals surface area contributed by atoms with Crippen molar-refractivity contribution in [3.63, 3.8) is 0 Å². The number of hydrogen-bond donors (Lipinski definition) is 4. The topological polar surface area (TPSA) is 99.3 Å². The third-order valence-corrected chi connectivity index (χ3v) is 5.46. The third kappa shape index (κ3) is 7.93. The van der Waals surface area contributed by atoms with Crippen molar-refractivity contribution in [2.45, 2.75) is 64.5 Å². The third-order valence-electron chi connectivity index (χ3n) is 5.46. The lowest BCUT2D eigenvalue weighted by atomic mass is 9.95. The van der Waals surface area contributed by atoms with Crippen LogP contribution in [-0.4, -0.2) is 35.8 Å². The zero-order valence-electron chi connectivity index (χ0n) is 19.7. The number of benzene rings is 2. The van der Waals surface area contributed by atoms with Crippen molar-refractivity contribution >= 4 is 29.1 Å². The second kappa shape index (κ2) is 11.0. The molecule has 0 aromatic heterocycles. The van der Waals surface area contributed by atoms with E-state index >= 15 is 0 Å². The van der Waals surface area contributed by atoms with Crippen LogP contribution in [0.5, 0.6) is 0 Å². The molecule has 3 amide bonds. The van der Waals surface area contributed by atoms with Gasteiger partial charge in [0.05, 0.1) is 6.54 Å². The molecule has 4 N–H and O–H groups in total. The van der Waals surface area contributed by atoms with E-state index in [0.717, 1.165) is 18.5 Å². The van der Waals surface area contributed by atoms with Crippen molar-refractivity contribution in [1.82, 2.24) is 10.6 Å². The van der Waals surface area contributed by atoms with E-state index in [1.54, 1.807) is 48.5 Å². The molecule has 0 spiro atoms. The Labute approximate surface area is 195 Å². The van der Waals surface area contributed by atoms with Crippen molar-refractivity contribution in [2.24, 2.45) is 0 Å². The molecule has 3 rings (SSSR count).